The summed E-state index contributed by atoms with van der Waals surface area (Å²) in [5, 5.41) is 0. The van der Waals surface area contributed by atoms with Gasteiger partial charge < -0.3 is 10.5 Å². The van der Waals surface area contributed by atoms with Crippen molar-refractivity contribution in [2.75, 3.05) is 12.3 Å². The maximum absolute atomic E-state index is 5.94. The van der Waals surface area contributed by atoms with Gasteiger partial charge in [-0.05, 0) is 92.4 Å². The topological polar surface area (TPSA) is 35.2 Å². The number of hydrogen-bond acceptors (Lipinski definition) is 2. The lowest BCUT2D eigenvalue weighted by atomic mass is 9.49. The first kappa shape index (κ1) is 12.6. The number of benzene rings is 1. The molecule has 5 rings (SSSR count). The molecule has 2 N–H and O–H groups in total. The van der Waals surface area contributed by atoms with Crippen molar-refractivity contribution in [2.24, 2.45) is 23.2 Å². The van der Waals surface area contributed by atoms with Gasteiger partial charge in [0, 0.05) is 5.69 Å². The summed E-state index contributed by atoms with van der Waals surface area (Å²) >= 11 is 0. The molecule has 4 fully saturated rings. The molecule has 0 unspecified atom stereocenters. The van der Waals surface area contributed by atoms with Gasteiger partial charge in [-0.15, -0.1) is 0 Å². The highest BCUT2D eigenvalue weighted by Gasteiger charge is 2.50. The normalized spacial score (nSPS) is 38.1. The lowest BCUT2D eigenvalue weighted by Gasteiger charge is -2.57. The zero-order chi connectivity index (χ0) is 13.6. The highest BCUT2D eigenvalue weighted by molar-refractivity contribution is 5.41. The molecule has 0 heterocycles. The largest absolute Gasteiger partial charge is 0.494 e. The molecule has 4 aliphatic rings. The fourth-order valence-corrected chi connectivity index (χ4v) is 5.55. The molecule has 1 aromatic rings. The van der Waals surface area contributed by atoms with E-state index in [2.05, 4.69) is 0 Å². The molecular formula is C18H25NO. The molecule has 108 valence electrons. The summed E-state index contributed by atoms with van der Waals surface area (Å²) in [5.74, 6) is 4.08. The molecule has 0 radical (unpaired) electrons. The Morgan fingerprint density at radius 3 is 2.05 bits per heavy atom. The molecule has 4 bridgehead atoms. The lowest BCUT2D eigenvalue weighted by Crippen LogP contribution is -2.46. The molecule has 0 amide bonds. The number of hydrogen-bond donors (Lipinski definition) is 1. The van der Waals surface area contributed by atoms with E-state index in [1.165, 1.54) is 44.9 Å². The average Bonchev–Trinajstić information content (AvgIpc) is 2.39. The van der Waals surface area contributed by atoms with Crippen LogP contribution in [0.4, 0.5) is 5.69 Å². The Kier molecular flexibility index (Phi) is 2.94. The third-order valence-electron chi connectivity index (χ3n) is 5.95. The quantitative estimate of drug-likeness (QED) is 0.831. The standard InChI is InChI=1S/C18H25NO/c19-16-1-3-17(4-2-16)20-6-5-18-10-13-7-14(11-18)9-15(8-13)12-18/h1-4,13-15H,5-12,19H2. The van der Waals surface area contributed by atoms with Crippen LogP contribution in [0.2, 0.25) is 0 Å². The van der Waals surface area contributed by atoms with Gasteiger partial charge in [0.05, 0.1) is 6.61 Å². The van der Waals surface area contributed by atoms with Crippen molar-refractivity contribution in [3.05, 3.63) is 24.3 Å². The van der Waals surface area contributed by atoms with Crippen molar-refractivity contribution in [3.63, 3.8) is 0 Å². The molecule has 0 spiro atoms. The molecule has 0 aliphatic heterocycles. The zero-order valence-corrected chi connectivity index (χ0v) is 12.2. The molecule has 20 heavy (non-hydrogen) atoms. The van der Waals surface area contributed by atoms with Crippen molar-refractivity contribution >= 4 is 5.69 Å². The van der Waals surface area contributed by atoms with Gasteiger partial charge >= 0.3 is 0 Å². The Bertz CT molecular complexity index is 443. The van der Waals surface area contributed by atoms with Gasteiger partial charge in [0.25, 0.3) is 0 Å². The van der Waals surface area contributed by atoms with E-state index < -0.39 is 0 Å². The van der Waals surface area contributed by atoms with E-state index in [9.17, 15) is 0 Å². The number of rotatable bonds is 4. The Balaban J connectivity index is 1.36. The lowest BCUT2D eigenvalue weighted by molar-refractivity contribution is -0.0622. The SMILES string of the molecule is Nc1ccc(OCCC23CC4CC(CC(C4)C2)C3)cc1. The smallest absolute Gasteiger partial charge is 0.119 e. The summed E-state index contributed by atoms with van der Waals surface area (Å²) in [6, 6.07) is 7.80. The minimum atomic E-state index is 0.628. The van der Waals surface area contributed by atoms with Gasteiger partial charge in [0.1, 0.15) is 5.75 Å². The average molecular weight is 271 g/mol. The third kappa shape index (κ3) is 2.30. The van der Waals surface area contributed by atoms with Gasteiger partial charge in [-0.3, -0.25) is 0 Å². The minimum Gasteiger partial charge on any atom is -0.494 e. The monoisotopic (exact) mass is 271 g/mol. The van der Waals surface area contributed by atoms with E-state index in [-0.39, 0.29) is 0 Å². The third-order valence-corrected chi connectivity index (χ3v) is 5.95. The van der Waals surface area contributed by atoms with E-state index in [0.717, 1.165) is 35.8 Å². The van der Waals surface area contributed by atoms with E-state index in [0.29, 0.717) is 5.41 Å². The first-order valence-electron chi connectivity index (χ1n) is 8.19. The molecule has 1 aromatic carbocycles. The number of ether oxygens (including phenoxy) is 1. The second kappa shape index (κ2) is 4.68. The van der Waals surface area contributed by atoms with E-state index >= 15 is 0 Å². The molecule has 0 atom stereocenters. The number of nitrogen functional groups attached to an aromatic ring is 1. The molecule has 2 nitrogen and oxygen atoms in total. The maximum Gasteiger partial charge on any atom is 0.119 e. The van der Waals surface area contributed by atoms with Crippen molar-refractivity contribution in [2.45, 2.75) is 44.9 Å². The molecule has 2 heteroatoms. The van der Waals surface area contributed by atoms with Gasteiger partial charge in [0.2, 0.25) is 0 Å². The predicted octanol–water partition coefficient (Wildman–Crippen LogP) is 4.25. The first-order chi connectivity index (χ1) is 9.71. The van der Waals surface area contributed by atoms with Crippen LogP contribution in [0, 0.1) is 23.2 Å². The fourth-order valence-electron chi connectivity index (χ4n) is 5.55. The van der Waals surface area contributed by atoms with Crippen LogP contribution < -0.4 is 10.5 Å². The highest BCUT2D eigenvalue weighted by Crippen LogP contribution is 2.61. The van der Waals surface area contributed by atoms with Crippen molar-refractivity contribution < 1.29 is 4.74 Å². The van der Waals surface area contributed by atoms with Gasteiger partial charge in [-0.1, -0.05) is 0 Å². The van der Waals surface area contributed by atoms with Crippen LogP contribution in [0.15, 0.2) is 24.3 Å². The predicted molar refractivity (Wildman–Crippen MR) is 81.6 cm³/mol. The van der Waals surface area contributed by atoms with Crippen LogP contribution >= 0.6 is 0 Å². The summed E-state index contributed by atoms with van der Waals surface area (Å²) in [7, 11) is 0. The van der Waals surface area contributed by atoms with Crippen LogP contribution in [0.5, 0.6) is 5.75 Å². The van der Waals surface area contributed by atoms with Gasteiger partial charge in [-0.2, -0.15) is 0 Å². The second-order valence-electron chi connectivity index (χ2n) is 7.59. The van der Waals surface area contributed by atoms with Gasteiger partial charge in [0.15, 0.2) is 0 Å². The summed E-state index contributed by atoms with van der Waals surface area (Å²) < 4.78 is 5.94. The van der Waals surface area contributed by atoms with Crippen LogP contribution in [-0.4, -0.2) is 6.61 Å². The molecule has 4 aliphatic carbocycles. The highest BCUT2D eigenvalue weighted by atomic mass is 16.5. The van der Waals surface area contributed by atoms with Crippen molar-refractivity contribution in [3.8, 4) is 5.75 Å². The summed E-state index contributed by atoms with van der Waals surface area (Å²) in [6.45, 7) is 0.871. The Morgan fingerprint density at radius 1 is 0.950 bits per heavy atom. The minimum absolute atomic E-state index is 0.628. The van der Waals surface area contributed by atoms with E-state index in [1.54, 1.807) is 0 Å². The summed E-state index contributed by atoms with van der Waals surface area (Å²) in [6.07, 6.45) is 10.3. The Labute approximate surface area is 121 Å². The molecule has 0 aromatic heterocycles. The zero-order valence-electron chi connectivity index (χ0n) is 12.2. The van der Waals surface area contributed by atoms with Gasteiger partial charge in [-0.25, -0.2) is 0 Å². The summed E-state index contributed by atoms with van der Waals surface area (Å²) in [5.41, 5.74) is 7.13. The second-order valence-corrected chi connectivity index (χ2v) is 7.59. The Morgan fingerprint density at radius 2 is 1.50 bits per heavy atom. The van der Waals surface area contributed by atoms with E-state index in [1.807, 2.05) is 24.3 Å². The fraction of sp³-hybridized carbons (Fsp3) is 0.667. The van der Waals surface area contributed by atoms with Crippen LogP contribution in [0.1, 0.15) is 44.9 Å². The number of nitrogens with two attached hydrogens (primary N) is 1. The Hall–Kier alpha value is -1.18. The van der Waals surface area contributed by atoms with E-state index in [4.69, 9.17) is 10.5 Å². The molecule has 4 saturated carbocycles. The van der Waals surface area contributed by atoms with Crippen LogP contribution in [-0.2, 0) is 0 Å². The van der Waals surface area contributed by atoms with Crippen molar-refractivity contribution in [1.82, 2.24) is 0 Å². The van der Waals surface area contributed by atoms with Crippen molar-refractivity contribution in [1.29, 1.82) is 0 Å². The first-order valence-corrected chi connectivity index (χ1v) is 8.19. The van der Waals surface area contributed by atoms with Crippen LogP contribution in [0.3, 0.4) is 0 Å². The molecule has 0 saturated heterocycles. The maximum atomic E-state index is 5.94. The molecular weight excluding hydrogens is 246 g/mol. The van der Waals surface area contributed by atoms with Crippen LogP contribution in [0.25, 0.3) is 0 Å². The number of anilines is 1. The summed E-state index contributed by atoms with van der Waals surface area (Å²) in [4.78, 5) is 0.